The Hall–Kier alpha value is -1.78. The van der Waals surface area contributed by atoms with Crippen LogP contribution < -0.4 is 0 Å². The summed E-state index contributed by atoms with van der Waals surface area (Å²) in [7, 11) is 0. The lowest BCUT2D eigenvalue weighted by Crippen LogP contribution is -2.01. The minimum atomic E-state index is -0.0157. The van der Waals surface area contributed by atoms with Crippen molar-refractivity contribution in [2.24, 2.45) is 0 Å². The molecule has 0 fully saturated rings. The number of Topliss-reactive ketones (excluding diaryl/α,β-unsaturated/α-hetero) is 1. The number of rotatable bonds is 1. The van der Waals surface area contributed by atoms with E-state index >= 15 is 0 Å². The van der Waals surface area contributed by atoms with E-state index in [2.05, 4.69) is 15.2 Å². The van der Waals surface area contributed by atoms with Crippen molar-refractivity contribution in [1.29, 1.82) is 0 Å². The summed E-state index contributed by atoms with van der Waals surface area (Å²) in [4.78, 5) is 15.3. The first-order valence-corrected chi connectivity index (χ1v) is 3.87. The van der Waals surface area contributed by atoms with E-state index in [0.29, 0.717) is 17.2 Å². The molecule has 0 amide bonds. The first-order chi connectivity index (χ1) is 6.20. The molecule has 0 aromatic carbocycles. The van der Waals surface area contributed by atoms with E-state index in [1.165, 1.54) is 13.1 Å². The molecule has 5 heteroatoms. The summed E-state index contributed by atoms with van der Waals surface area (Å²) in [6.45, 7) is 3.29. The largest absolute Gasteiger partial charge is 0.293 e. The molecule has 0 aliphatic carbocycles. The molecule has 5 nitrogen and oxygen atoms in total. The normalized spacial score (nSPS) is 10.6. The zero-order chi connectivity index (χ0) is 9.42. The summed E-state index contributed by atoms with van der Waals surface area (Å²) in [5, 5.41) is 7.48. The number of nitrogens with zero attached hydrogens (tertiary/aromatic N) is 4. The van der Waals surface area contributed by atoms with Gasteiger partial charge in [-0.1, -0.05) is 0 Å². The molecule has 0 unspecified atom stereocenters. The molecule has 0 spiro atoms. The van der Waals surface area contributed by atoms with Crippen LogP contribution in [0.25, 0.3) is 5.78 Å². The van der Waals surface area contributed by atoms with Crippen LogP contribution in [0.2, 0.25) is 0 Å². The highest BCUT2D eigenvalue weighted by molar-refractivity contribution is 5.94. The van der Waals surface area contributed by atoms with Gasteiger partial charge in [-0.05, 0) is 6.92 Å². The monoisotopic (exact) mass is 176 g/mol. The lowest BCUT2D eigenvalue weighted by atomic mass is 10.2. The third-order valence-corrected chi connectivity index (χ3v) is 1.83. The molecule has 0 N–H and O–H groups in total. The van der Waals surface area contributed by atoms with Gasteiger partial charge >= 0.3 is 0 Å². The Morgan fingerprint density at radius 2 is 2.31 bits per heavy atom. The van der Waals surface area contributed by atoms with Crippen LogP contribution in [0.3, 0.4) is 0 Å². The molecule has 0 saturated carbocycles. The van der Waals surface area contributed by atoms with Crippen LogP contribution in [0.4, 0.5) is 0 Å². The smallest absolute Gasteiger partial charge is 0.254 e. The summed E-state index contributed by atoms with van der Waals surface area (Å²) in [5.74, 6) is 0.447. The van der Waals surface area contributed by atoms with Crippen LogP contribution in [0.5, 0.6) is 0 Å². The van der Waals surface area contributed by atoms with E-state index in [1.807, 2.05) is 0 Å². The fourth-order valence-electron chi connectivity index (χ4n) is 1.35. The highest BCUT2D eigenvalue weighted by atomic mass is 16.1. The predicted molar refractivity (Wildman–Crippen MR) is 45.5 cm³/mol. The third-order valence-electron chi connectivity index (χ3n) is 1.83. The molecule has 0 aliphatic heterocycles. The Labute approximate surface area is 74.4 Å². The average molecular weight is 176 g/mol. The minimum Gasteiger partial charge on any atom is -0.293 e. The molecule has 2 rings (SSSR count). The van der Waals surface area contributed by atoms with Crippen LogP contribution in [0, 0.1) is 6.92 Å². The van der Waals surface area contributed by atoms with Gasteiger partial charge in [0.1, 0.15) is 5.69 Å². The van der Waals surface area contributed by atoms with Crippen molar-refractivity contribution in [3.8, 4) is 0 Å². The summed E-state index contributed by atoms with van der Waals surface area (Å²) in [5.41, 5.74) is 1.26. The second-order valence-electron chi connectivity index (χ2n) is 2.79. The third kappa shape index (κ3) is 1.09. The van der Waals surface area contributed by atoms with E-state index in [1.54, 1.807) is 17.5 Å². The fourth-order valence-corrected chi connectivity index (χ4v) is 1.35. The van der Waals surface area contributed by atoms with Gasteiger partial charge < -0.3 is 0 Å². The van der Waals surface area contributed by atoms with Gasteiger partial charge in [0.05, 0.1) is 11.9 Å². The molecule has 0 bridgehead atoms. The summed E-state index contributed by atoms with van der Waals surface area (Å²) in [6, 6.07) is 0. The highest BCUT2D eigenvalue weighted by Crippen LogP contribution is 2.09. The number of ketones is 1. The zero-order valence-electron chi connectivity index (χ0n) is 7.35. The molecule has 13 heavy (non-hydrogen) atoms. The van der Waals surface area contributed by atoms with E-state index in [4.69, 9.17) is 0 Å². The first-order valence-electron chi connectivity index (χ1n) is 3.87. The Morgan fingerprint density at radius 1 is 1.54 bits per heavy atom. The van der Waals surface area contributed by atoms with Crippen molar-refractivity contribution >= 4 is 11.6 Å². The van der Waals surface area contributed by atoms with Gasteiger partial charge in [-0.25, -0.2) is 4.98 Å². The molecule has 2 aromatic heterocycles. The number of aryl methyl sites for hydroxylation is 1. The predicted octanol–water partition coefficient (Wildman–Crippen LogP) is 0.635. The van der Waals surface area contributed by atoms with Crippen LogP contribution >= 0.6 is 0 Å². The Kier molecular flexibility index (Phi) is 1.58. The zero-order valence-corrected chi connectivity index (χ0v) is 7.35. The van der Waals surface area contributed by atoms with Gasteiger partial charge in [0.25, 0.3) is 5.78 Å². The van der Waals surface area contributed by atoms with Crippen molar-refractivity contribution in [1.82, 2.24) is 19.6 Å². The molecule has 2 heterocycles. The van der Waals surface area contributed by atoms with Gasteiger partial charge in [-0.15, -0.1) is 5.10 Å². The Balaban J connectivity index is 2.86. The second-order valence-corrected chi connectivity index (χ2v) is 2.79. The number of aromatic nitrogens is 4. The van der Waals surface area contributed by atoms with Crippen molar-refractivity contribution in [3.05, 3.63) is 23.8 Å². The number of hydrogen-bond donors (Lipinski definition) is 0. The van der Waals surface area contributed by atoms with Gasteiger partial charge in [0.15, 0.2) is 5.78 Å². The SMILES string of the molecule is CC(=O)c1c(C)nc2nnccn12. The average Bonchev–Trinajstić information content (AvgIpc) is 2.39. The molecule has 66 valence electrons. The summed E-state index contributed by atoms with van der Waals surface area (Å²) >= 11 is 0. The number of fused-ring (bicyclic) bond motifs is 1. The van der Waals surface area contributed by atoms with Gasteiger partial charge in [-0.2, -0.15) is 5.10 Å². The Morgan fingerprint density at radius 3 is 3.00 bits per heavy atom. The first kappa shape index (κ1) is 7.85. The standard InChI is InChI=1S/C8H8N4O/c1-5-7(6(2)13)12-4-3-9-11-8(12)10-5/h3-4H,1-2H3. The molecule has 0 aliphatic rings. The quantitative estimate of drug-likeness (QED) is 0.598. The Bertz CT molecular complexity index is 474. The van der Waals surface area contributed by atoms with E-state index in [0.717, 1.165) is 0 Å². The van der Waals surface area contributed by atoms with Crippen LogP contribution in [0.15, 0.2) is 12.4 Å². The molecule has 0 radical (unpaired) electrons. The minimum absolute atomic E-state index is 0.0157. The maximum atomic E-state index is 11.2. The number of carbonyl (C=O) groups is 1. The van der Waals surface area contributed by atoms with Crippen LogP contribution in [-0.4, -0.2) is 25.4 Å². The highest BCUT2D eigenvalue weighted by Gasteiger charge is 2.12. The molecule has 2 aromatic rings. The van der Waals surface area contributed by atoms with Crippen molar-refractivity contribution < 1.29 is 4.79 Å². The maximum Gasteiger partial charge on any atom is 0.254 e. The van der Waals surface area contributed by atoms with Gasteiger partial charge in [-0.3, -0.25) is 9.20 Å². The summed E-state index contributed by atoms with van der Waals surface area (Å²) in [6.07, 6.45) is 3.21. The lowest BCUT2D eigenvalue weighted by molar-refractivity contribution is 0.101. The lowest BCUT2D eigenvalue weighted by Gasteiger charge is -1.94. The van der Waals surface area contributed by atoms with Crippen LogP contribution in [-0.2, 0) is 0 Å². The molecule has 0 saturated heterocycles. The van der Waals surface area contributed by atoms with E-state index in [9.17, 15) is 4.79 Å². The number of carbonyl (C=O) groups excluding carboxylic acids is 1. The summed E-state index contributed by atoms with van der Waals surface area (Å²) < 4.78 is 1.64. The number of imidazole rings is 1. The second kappa shape index (κ2) is 2.62. The van der Waals surface area contributed by atoms with Gasteiger partial charge in [0, 0.05) is 13.1 Å². The fraction of sp³-hybridized carbons (Fsp3) is 0.250. The van der Waals surface area contributed by atoms with Crippen molar-refractivity contribution in [3.63, 3.8) is 0 Å². The van der Waals surface area contributed by atoms with Crippen LogP contribution in [0.1, 0.15) is 23.1 Å². The molecular formula is C8H8N4O. The van der Waals surface area contributed by atoms with Gasteiger partial charge in [0.2, 0.25) is 0 Å². The van der Waals surface area contributed by atoms with Crippen molar-refractivity contribution in [2.75, 3.05) is 0 Å². The molecular weight excluding hydrogens is 168 g/mol. The van der Waals surface area contributed by atoms with E-state index in [-0.39, 0.29) is 5.78 Å². The topological polar surface area (TPSA) is 60.2 Å². The van der Waals surface area contributed by atoms with Crippen molar-refractivity contribution in [2.45, 2.75) is 13.8 Å². The van der Waals surface area contributed by atoms with E-state index < -0.39 is 0 Å². The number of hydrogen-bond acceptors (Lipinski definition) is 4. The molecule has 0 atom stereocenters. The maximum absolute atomic E-state index is 11.2.